The molecule has 0 unspecified atom stereocenters. The number of pyridine rings is 2. The molecule has 0 fully saturated rings. The minimum Gasteiger partial charge on any atom is -0.326 e. The molecular weight excluding hydrogens is 202 g/mol. The number of aromatic nitrogens is 2. The van der Waals surface area contributed by atoms with Crippen molar-refractivity contribution >= 4 is 11.6 Å². The molecule has 4 nitrogen and oxygen atoms in total. The molecule has 4 heteroatoms. The quantitative estimate of drug-likeness (QED) is 0.831. The van der Waals surface area contributed by atoms with E-state index in [0.29, 0.717) is 0 Å². The Hall–Kier alpha value is -2.23. The number of nitrogens with one attached hydrogen (secondary N) is 1. The largest absolute Gasteiger partial charge is 0.326 e. The van der Waals surface area contributed by atoms with Crippen molar-refractivity contribution < 1.29 is 4.79 Å². The highest BCUT2D eigenvalue weighted by Gasteiger charge is 2.01. The monoisotopic (exact) mass is 213 g/mol. The van der Waals surface area contributed by atoms with Crippen LogP contribution in [0.2, 0.25) is 0 Å². The normalized spacial score (nSPS) is 9.81. The first-order chi connectivity index (χ1) is 7.75. The van der Waals surface area contributed by atoms with E-state index in [4.69, 9.17) is 0 Å². The van der Waals surface area contributed by atoms with Crippen molar-refractivity contribution in [2.45, 2.75) is 6.92 Å². The van der Waals surface area contributed by atoms with Gasteiger partial charge in [-0.15, -0.1) is 0 Å². The van der Waals surface area contributed by atoms with Gasteiger partial charge in [0.25, 0.3) is 0 Å². The summed E-state index contributed by atoms with van der Waals surface area (Å²) in [7, 11) is 0. The number of hydrogen-bond donors (Lipinski definition) is 1. The molecule has 1 N–H and O–H groups in total. The summed E-state index contributed by atoms with van der Waals surface area (Å²) in [4.78, 5) is 19.3. The van der Waals surface area contributed by atoms with Gasteiger partial charge in [-0.2, -0.15) is 0 Å². The number of hydrogen-bond acceptors (Lipinski definition) is 3. The molecule has 0 bridgehead atoms. The van der Waals surface area contributed by atoms with Crippen LogP contribution in [0, 0.1) is 0 Å². The van der Waals surface area contributed by atoms with Gasteiger partial charge in [0.2, 0.25) is 5.91 Å². The van der Waals surface area contributed by atoms with Crippen molar-refractivity contribution in [3.63, 3.8) is 0 Å². The summed E-state index contributed by atoms with van der Waals surface area (Å²) >= 11 is 0. The van der Waals surface area contributed by atoms with Gasteiger partial charge in [0.05, 0.1) is 11.4 Å². The second kappa shape index (κ2) is 4.53. The molecule has 80 valence electrons. The van der Waals surface area contributed by atoms with Crippen molar-refractivity contribution in [1.82, 2.24) is 9.97 Å². The van der Waals surface area contributed by atoms with Gasteiger partial charge in [-0.3, -0.25) is 14.8 Å². The Morgan fingerprint density at radius 2 is 1.94 bits per heavy atom. The molecule has 0 atom stereocenters. The van der Waals surface area contributed by atoms with E-state index in [1.165, 1.54) is 6.92 Å². The second-order valence-corrected chi connectivity index (χ2v) is 3.33. The maximum Gasteiger partial charge on any atom is 0.221 e. The Bertz CT molecular complexity index is 497. The van der Waals surface area contributed by atoms with Crippen LogP contribution in [0.15, 0.2) is 42.7 Å². The first-order valence-electron chi connectivity index (χ1n) is 4.91. The van der Waals surface area contributed by atoms with E-state index in [1.807, 2.05) is 18.2 Å². The van der Waals surface area contributed by atoms with Crippen LogP contribution >= 0.6 is 0 Å². The average Bonchev–Trinajstić information content (AvgIpc) is 2.30. The van der Waals surface area contributed by atoms with Gasteiger partial charge in [-0.25, -0.2) is 0 Å². The fourth-order valence-corrected chi connectivity index (χ4v) is 1.37. The third kappa shape index (κ3) is 2.42. The van der Waals surface area contributed by atoms with Gasteiger partial charge in [-0.1, -0.05) is 6.07 Å². The van der Waals surface area contributed by atoms with Gasteiger partial charge < -0.3 is 5.32 Å². The predicted molar refractivity (Wildman–Crippen MR) is 61.8 cm³/mol. The summed E-state index contributed by atoms with van der Waals surface area (Å²) in [5.41, 5.74) is 2.25. The SMILES string of the molecule is CC(=O)Nc1ccnc(-c2ccccn2)c1. The fraction of sp³-hybridized carbons (Fsp3) is 0.0833. The Labute approximate surface area is 93.4 Å². The summed E-state index contributed by atoms with van der Waals surface area (Å²) in [6, 6.07) is 9.16. The predicted octanol–water partition coefficient (Wildman–Crippen LogP) is 2.10. The van der Waals surface area contributed by atoms with E-state index in [-0.39, 0.29) is 5.91 Å². The first-order valence-corrected chi connectivity index (χ1v) is 4.91. The lowest BCUT2D eigenvalue weighted by Crippen LogP contribution is -2.05. The molecule has 1 amide bonds. The van der Waals surface area contributed by atoms with Gasteiger partial charge in [-0.05, 0) is 24.3 Å². The zero-order valence-electron chi connectivity index (χ0n) is 8.84. The number of nitrogens with zero attached hydrogens (tertiary/aromatic N) is 2. The minimum absolute atomic E-state index is 0.0989. The van der Waals surface area contributed by atoms with Crippen molar-refractivity contribution in [1.29, 1.82) is 0 Å². The lowest BCUT2D eigenvalue weighted by molar-refractivity contribution is -0.114. The molecule has 0 saturated carbocycles. The molecule has 0 aromatic carbocycles. The fourth-order valence-electron chi connectivity index (χ4n) is 1.37. The first kappa shape index (κ1) is 10.3. The lowest BCUT2D eigenvalue weighted by Gasteiger charge is -2.04. The van der Waals surface area contributed by atoms with E-state index >= 15 is 0 Å². The highest BCUT2D eigenvalue weighted by molar-refractivity contribution is 5.89. The molecule has 0 spiro atoms. The summed E-state index contributed by atoms with van der Waals surface area (Å²) in [5, 5.41) is 2.71. The van der Waals surface area contributed by atoms with Gasteiger partial charge in [0.1, 0.15) is 0 Å². The standard InChI is InChI=1S/C12H11N3O/c1-9(16)15-10-5-7-14-12(8-10)11-4-2-3-6-13-11/h2-8H,1H3,(H,14,15,16). The molecule has 0 aliphatic rings. The molecule has 16 heavy (non-hydrogen) atoms. The summed E-state index contributed by atoms with van der Waals surface area (Å²) in [5.74, 6) is -0.0989. The van der Waals surface area contributed by atoms with Crippen LogP contribution in [-0.2, 0) is 4.79 Å². The zero-order chi connectivity index (χ0) is 11.4. The molecule has 0 aliphatic heterocycles. The van der Waals surface area contributed by atoms with Crippen LogP contribution in [0.5, 0.6) is 0 Å². The Balaban J connectivity index is 2.33. The number of carbonyl (C=O) groups excluding carboxylic acids is 1. The third-order valence-electron chi connectivity index (χ3n) is 2.01. The number of anilines is 1. The van der Waals surface area contributed by atoms with E-state index < -0.39 is 0 Å². The summed E-state index contributed by atoms with van der Waals surface area (Å²) < 4.78 is 0. The second-order valence-electron chi connectivity index (χ2n) is 3.33. The number of rotatable bonds is 2. The molecule has 2 aromatic heterocycles. The maximum atomic E-state index is 10.9. The molecule has 2 heterocycles. The molecule has 0 saturated heterocycles. The topological polar surface area (TPSA) is 54.9 Å². The Morgan fingerprint density at radius 3 is 2.62 bits per heavy atom. The van der Waals surface area contributed by atoms with Crippen LogP contribution < -0.4 is 5.32 Å². The molecule has 2 aromatic rings. The van der Waals surface area contributed by atoms with Crippen LogP contribution in [0.3, 0.4) is 0 Å². The Kier molecular flexibility index (Phi) is 2.91. The third-order valence-corrected chi connectivity index (χ3v) is 2.01. The highest BCUT2D eigenvalue weighted by atomic mass is 16.1. The van der Waals surface area contributed by atoms with Crippen molar-refractivity contribution in [3.8, 4) is 11.4 Å². The number of carbonyl (C=O) groups is 1. The van der Waals surface area contributed by atoms with Crippen LogP contribution in [-0.4, -0.2) is 15.9 Å². The Morgan fingerprint density at radius 1 is 1.12 bits per heavy atom. The van der Waals surface area contributed by atoms with Crippen LogP contribution in [0.1, 0.15) is 6.92 Å². The minimum atomic E-state index is -0.0989. The van der Waals surface area contributed by atoms with E-state index in [0.717, 1.165) is 17.1 Å². The number of amides is 1. The van der Waals surface area contributed by atoms with E-state index in [2.05, 4.69) is 15.3 Å². The van der Waals surface area contributed by atoms with Crippen LogP contribution in [0.25, 0.3) is 11.4 Å². The molecular formula is C12H11N3O. The van der Waals surface area contributed by atoms with Gasteiger partial charge in [0.15, 0.2) is 0 Å². The van der Waals surface area contributed by atoms with Gasteiger partial charge in [0, 0.05) is 25.0 Å². The van der Waals surface area contributed by atoms with E-state index in [1.54, 1.807) is 24.5 Å². The van der Waals surface area contributed by atoms with Gasteiger partial charge >= 0.3 is 0 Å². The lowest BCUT2D eigenvalue weighted by atomic mass is 10.2. The van der Waals surface area contributed by atoms with E-state index in [9.17, 15) is 4.79 Å². The summed E-state index contributed by atoms with van der Waals surface area (Å²) in [6.07, 6.45) is 3.36. The van der Waals surface area contributed by atoms with Crippen LogP contribution in [0.4, 0.5) is 5.69 Å². The average molecular weight is 213 g/mol. The summed E-state index contributed by atoms with van der Waals surface area (Å²) in [6.45, 7) is 1.47. The van der Waals surface area contributed by atoms with Crippen molar-refractivity contribution in [2.24, 2.45) is 0 Å². The molecule has 0 aliphatic carbocycles. The zero-order valence-corrected chi connectivity index (χ0v) is 8.84. The molecule has 0 radical (unpaired) electrons. The highest BCUT2D eigenvalue weighted by Crippen LogP contribution is 2.17. The molecule has 2 rings (SSSR count). The maximum absolute atomic E-state index is 10.9. The van der Waals surface area contributed by atoms with Crippen molar-refractivity contribution in [2.75, 3.05) is 5.32 Å². The smallest absolute Gasteiger partial charge is 0.221 e. The van der Waals surface area contributed by atoms with Crippen molar-refractivity contribution in [3.05, 3.63) is 42.7 Å².